The lowest BCUT2D eigenvalue weighted by atomic mass is 10.2. The van der Waals surface area contributed by atoms with E-state index in [4.69, 9.17) is 0 Å². The molecule has 1 aromatic carbocycles. The average Bonchev–Trinajstić information content (AvgIpc) is 2.81. The summed E-state index contributed by atoms with van der Waals surface area (Å²) in [5.74, 6) is 0.838. The molecule has 11 nitrogen and oxygen atoms in total. The van der Waals surface area contributed by atoms with Crippen LogP contribution in [0.2, 0.25) is 0 Å². The number of nitrogens with zero attached hydrogens (tertiary/aromatic N) is 3. The maximum Gasteiger partial charge on any atom is 0.242 e. The molecule has 3 aromatic rings. The van der Waals surface area contributed by atoms with Crippen LogP contribution in [0.4, 0.5) is 17.5 Å². The van der Waals surface area contributed by atoms with Crippen molar-refractivity contribution in [2.45, 2.75) is 22.6 Å². The molecular weight excluding hydrogens is 466 g/mol. The maximum absolute atomic E-state index is 12.5. The van der Waals surface area contributed by atoms with Gasteiger partial charge in [-0.05, 0) is 43.2 Å². The molecule has 0 spiro atoms. The van der Waals surface area contributed by atoms with Crippen LogP contribution in [0, 0.1) is 0 Å². The van der Waals surface area contributed by atoms with Gasteiger partial charge in [-0.15, -0.1) is 0 Å². The van der Waals surface area contributed by atoms with Crippen molar-refractivity contribution in [2.24, 2.45) is 0 Å². The Kier molecular flexibility index (Phi) is 6.83. The van der Waals surface area contributed by atoms with E-state index in [-0.39, 0.29) is 22.9 Å². The van der Waals surface area contributed by atoms with Gasteiger partial charge in [0, 0.05) is 49.5 Å². The molecule has 1 aliphatic heterocycles. The first-order valence-electron chi connectivity index (χ1n) is 10.2. The van der Waals surface area contributed by atoms with Crippen LogP contribution in [0.1, 0.15) is 12.0 Å². The van der Waals surface area contributed by atoms with E-state index in [9.17, 15) is 16.8 Å². The van der Waals surface area contributed by atoms with Gasteiger partial charge in [-0.2, -0.15) is 4.98 Å². The van der Waals surface area contributed by atoms with E-state index >= 15 is 0 Å². The van der Waals surface area contributed by atoms with Crippen molar-refractivity contribution >= 4 is 37.5 Å². The molecule has 2 aromatic heterocycles. The predicted octanol–water partition coefficient (Wildman–Crippen LogP) is 1.23. The number of anilines is 3. The number of hydrogen-bond donors (Lipinski definition) is 4. The zero-order valence-electron chi connectivity index (χ0n) is 17.5. The summed E-state index contributed by atoms with van der Waals surface area (Å²) >= 11 is 0. The highest BCUT2D eigenvalue weighted by atomic mass is 32.2. The summed E-state index contributed by atoms with van der Waals surface area (Å²) in [6, 6.07) is 9.42. The fourth-order valence-electron chi connectivity index (χ4n) is 3.17. The Hall–Kier alpha value is -3.13. The zero-order chi connectivity index (χ0) is 23.3. The SMILES string of the molecule is O=S1(=O)NCCCNc2nc(ncc2CCNS(=O)(=O)c2cccnc2)Nc2cccc1c2. The van der Waals surface area contributed by atoms with Crippen LogP contribution in [0.15, 0.2) is 64.8 Å². The molecule has 3 heterocycles. The highest BCUT2D eigenvalue weighted by Crippen LogP contribution is 2.21. The summed E-state index contributed by atoms with van der Waals surface area (Å²) in [4.78, 5) is 12.9. The van der Waals surface area contributed by atoms with Crippen molar-refractivity contribution in [1.29, 1.82) is 0 Å². The number of sulfonamides is 2. The second-order valence-corrected chi connectivity index (χ2v) is 10.8. The minimum atomic E-state index is -3.67. The third-order valence-corrected chi connectivity index (χ3v) is 7.74. The third kappa shape index (κ3) is 5.82. The molecule has 0 amide bonds. The molecule has 33 heavy (non-hydrogen) atoms. The Morgan fingerprint density at radius 3 is 2.79 bits per heavy atom. The summed E-state index contributed by atoms with van der Waals surface area (Å²) in [6.45, 7) is 0.861. The first kappa shape index (κ1) is 23.0. The van der Waals surface area contributed by atoms with E-state index in [1.807, 2.05) is 0 Å². The van der Waals surface area contributed by atoms with Gasteiger partial charge in [0.25, 0.3) is 0 Å². The van der Waals surface area contributed by atoms with Crippen LogP contribution in [-0.4, -0.2) is 51.4 Å². The summed E-state index contributed by atoms with van der Waals surface area (Å²) < 4.78 is 54.9. The second-order valence-electron chi connectivity index (χ2n) is 7.23. The third-order valence-electron chi connectivity index (χ3n) is 4.83. The van der Waals surface area contributed by atoms with Crippen LogP contribution in [-0.2, 0) is 26.5 Å². The van der Waals surface area contributed by atoms with Gasteiger partial charge in [0.15, 0.2) is 0 Å². The topological polar surface area (TPSA) is 155 Å². The van der Waals surface area contributed by atoms with Crippen molar-refractivity contribution < 1.29 is 16.8 Å². The van der Waals surface area contributed by atoms with Gasteiger partial charge in [-0.3, -0.25) is 4.98 Å². The Labute approximate surface area is 192 Å². The molecule has 4 N–H and O–H groups in total. The first-order valence-corrected chi connectivity index (χ1v) is 13.2. The lowest BCUT2D eigenvalue weighted by Gasteiger charge is -2.13. The molecule has 174 valence electrons. The van der Waals surface area contributed by atoms with E-state index in [1.54, 1.807) is 24.4 Å². The number of nitrogens with one attached hydrogen (secondary N) is 4. The van der Waals surface area contributed by atoms with Crippen molar-refractivity contribution in [3.8, 4) is 0 Å². The molecule has 1 aliphatic rings. The van der Waals surface area contributed by atoms with Crippen LogP contribution in [0.3, 0.4) is 0 Å². The van der Waals surface area contributed by atoms with Crippen molar-refractivity contribution in [1.82, 2.24) is 24.4 Å². The van der Waals surface area contributed by atoms with Crippen molar-refractivity contribution in [3.05, 3.63) is 60.6 Å². The summed E-state index contributed by atoms with van der Waals surface area (Å²) in [7, 11) is -7.29. The molecular formula is C20H23N7O4S2. The lowest BCUT2D eigenvalue weighted by molar-refractivity contribution is 0.578. The van der Waals surface area contributed by atoms with Gasteiger partial charge in [-0.1, -0.05) is 6.07 Å². The van der Waals surface area contributed by atoms with Gasteiger partial charge >= 0.3 is 0 Å². The quantitative estimate of drug-likeness (QED) is 0.414. The van der Waals surface area contributed by atoms with E-state index in [0.29, 0.717) is 36.8 Å². The predicted molar refractivity (Wildman–Crippen MR) is 123 cm³/mol. The minimum Gasteiger partial charge on any atom is -0.370 e. The average molecular weight is 490 g/mol. The molecule has 0 saturated carbocycles. The summed E-state index contributed by atoms with van der Waals surface area (Å²) in [5.41, 5.74) is 1.25. The highest BCUT2D eigenvalue weighted by molar-refractivity contribution is 7.89. The Morgan fingerprint density at radius 2 is 1.97 bits per heavy atom. The molecule has 4 bridgehead atoms. The summed E-state index contributed by atoms with van der Waals surface area (Å²) in [5, 5.41) is 6.21. The molecule has 4 rings (SSSR count). The van der Waals surface area contributed by atoms with E-state index in [0.717, 1.165) is 5.56 Å². The van der Waals surface area contributed by atoms with Crippen LogP contribution in [0.5, 0.6) is 0 Å². The van der Waals surface area contributed by atoms with E-state index < -0.39 is 20.0 Å². The molecule has 0 atom stereocenters. The second kappa shape index (κ2) is 9.79. The lowest BCUT2D eigenvalue weighted by Crippen LogP contribution is -2.27. The van der Waals surface area contributed by atoms with Gasteiger partial charge < -0.3 is 10.6 Å². The molecule has 0 aliphatic carbocycles. The summed E-state index contributed by atoms with van der Waals surface area (Å²) in [6.07, 6.45) is 5.29. The molecule has 0 unspecified atom stereocenters. The smallest absolute Gasteiger partial charge is 0.242 e. The van der Waals surface area contributed by atoms with Gasteiger partial charge in [0.1, 0.15) is 10.7 Å². The van der Waals surface area contributed by atoms with Gasteiger partial charge in [0.2, 0.25) is 26.0 Å². The molecule has 0 fully saturated rings. The Bertz CT molecular complexity index is 1330. The van der Waals surface area contributed by atoms with Crippen LogP contribution < -0.4 is 20.1 Å². The van der Waals surface area contributed by atoms with E-state index in [1.165, 1.54) is 30.6 Å². The zero-order valence-corrected chi connectivity index (χ0v) is 19.2. The highest BCUT2D eigenvalue weighted by Gasteiger charge is 2.17. The van der Waals surface area contributed by atoms with Crippen molar-refractivity contribution in [2.75, 3.05) is 30.3 Å². The number of pyridine rings is 1. The van der Waals surface area contributed by atoms with Gasteiger partial charge in [0.05, 0.1) is 4.90 Å². The molecule has 13 heteroatoms. The minimum absolute atomic E-state index is 0.0920. The molecule has 0 radical (unpaired) electrons. The number of fused-ring (bicyclic) bond motifs is 4. The van der Waals surface area contributed by atoms with Crippen molar-refractivity contribution in [3.63, 3.8) is 0 Å². The fourth-order valence-corrected chi connectivity index (χ4v) is 5.28. The maximum atomic E-state index is 12.5. The van der Waals surface area contributed by atoms with Gasteiger partial charge in [-0.25, -0.2) is 31.3 Å². The monoisotopic (exact) mass is 489 g/mol. The number of aromatic nitrogens is 3. The largest absolute Gasteiger partial charge is 0.370 e. The number of hydrogen-bond acceptors (Lipinski definition) is 9. The number of benzene rings is 1. The Morgan fingerprint density at radius 1 is 1.09 bits per heavy atom. The number of rotatable bonds is 5. The first-order chi connectivity index (χ1) is 15.8. The van der Waals surface area contributed by atoms with Crippen LogP contribution in [0.25, 0.3) is 0 Å². The van der Waals surface area contributed by atoms with Crippen LogP contribution >= 0.6 is 0 Å². The normalized spacial score (nSPS) is 15.8. The molecule has 0 saturated heterocycles. The standard InChI is InChI=1S/C20H23N7O4S2/c28-32(29)17-5-1-4-16(12-17)26-20-23-13-15(19(27-20)22-9-3-10-24-32)7-11-25-33(30,31)18-6-2-8-21-14-18/h1-2,4-6,8,12-14,24-25H,3,7,9-11H2,(H2,22,23,26,27). The Balaban J connectivity index is 1.52. The fraction of sp³-hybridized carbons (Fsp3) is 0.250. The van der Waals surface area contributed by atoms with E-state index in [2.05, 4.69) is 35.0 Å².